The Bertz CT molecular complexity index is 455. The number of rotatable bonds is 6. The van der Waals surface area contributed by atoms with Gasteiger partial charge in [-0.3, -0.25) is 4.99 Å². The fourth-order valence-corrected chi connectivity index (χ4v) is 2.66. The molecule has 0 aromatic heterocycles. The van der Waals surface area contributed by atoms with Crippen molar-refractivity contribution in [1.82, 2.24) is 9.80 Å². The molecule has 0 radical (unpaired) electrons. The van der Waals surface area contributed by atoms with Gasteiger partial charge in [-0.2, -0.15) is 0 Å². The summed E-state index contributed by atoms with van der Waals surface area (Å²) in [5, 5.41) is 0. The fourth-order valence-electron chi connectivity index (χ4n) is 2.66. The van der Waals surface area contributed by atoms with Crippen LogP contribution in [0.5, 0.6) is 0 Å². The zero-order valence-electron chi connectivity index (χ0n) is 12.8. The Hall–Kier alpha value is -1.55. The van der Waals surface area contributed by atoms with E-state index in [1.807, 2.05) is 0 Å². The number of likely N-dealkylation sites (N-methyl/N-ethyl adjacent to an activating group) is 1. The molecule has 0 spiro atoms. The van der Waals surface area contributed by atoms with Crippen molar-refractivity contribution in [3.05, 3.63) is 35.9 Å². The van der Waals surface area contributed by atoms with Crippen LogP contribution in [0.2, 0.25) is 0 Å². The van der Waals surface area contributed by atoms with Crippen LogP contribution in [0, 0.1) is 0 Å². The van der Waals surface area contributed by atoms with Crippen molar-refractivity contribution >= 4 is 5.96 Å². The summed E-state index contributed by atoms with van der Waals surface area (Å²) in [5.74, 6) is 0.697. The molecule has 1 heterocycles. The molecule has 0 saturated carbocycles. The standard InChI is InChI=1S/C16H26N4/c1-16(10-9-14-7-5-4-6-8-14)13-18-15(17)20(16)12-11-19(2)3/h4-8H,9-13H2,1-3H3,(H2,17,18). The van der Waals surface area contributed by atoms with Gasteiger partial charge in [0.2, 0.25) is 0 Å². The first-order valence-electron chi connectivity index (χ1n) is 7.27. The van der Waals surface area contributed by atoms with Gasteiger partial charge in [-0.05, 0) is 39.4 Å². The number of nitrogens with two attached hydrogens (primary N) is 1. The molecule has 1 aromatic rings. The molecule has 2 N–H and O–H groups in total. The van der Waals surface area contributed by atoms with Crippen molar-refractivity contribution in [3.63, 3.8) is 0 Å². The minimum Gasteiger partial charge on any atom is -0.370 e. The number of aliphatic imine (C=N–C) groups is 1. The number of hydrogen-bond donors (Lipinski definition) is 1. The third kappa shape index (κ3) is 3.51. The van der Waals surface area contributed by atoms with Crippen molar-refractivity contribution < 1.29 is 0 Å². The molecule has 110 valence electrons. The van der Waals surface area contributed by atoms with E-state index >= 15 is 0 Å². The molecule has 0 bridgehead atoms. The van der Waals surface area contributed by atoms with E-state index in [9.17, 15) is 0 Å². The molecule has 0 aliphatic carbocycles. The SMILES string of the molecule is CN(C)CCN1C(N)=NCC1(C)CCc1ccccc1. The zero-order chi connectivity index (χ0) is 14.6. The number of hydrogen-bond acceptors (Lipinski definition) is 4. The molecule has 4 nitrogen and oxygen atoms in total. The Morgan fingerprint density at radius 3 is 2.65 bits per heavy atom. The number of nitrogens with zero attached hydrogens (tertiary/aromatic N) is 3. The van der Waals surface area contributed by atoms with Gasteiger partial charge in [-0.25, -0.2) is 0 Å². The third-order valence-electron chi connectivity index (χ3n) is 4.08. The number of guanidine groups is 1. The molecule has 0 saturated heterocycles. The highest BCUT2D eigenvalue weighted by molar-refractivity contribution is 5.80. The van der Waals surface area contributed by atoms with Crippen molar-refractivity contribution in [2.24, 2.45) is 10.7 Å². The average molecular weight is 274 g/mol. The maximum absolute atomic E-state index is 6.07. The lowest BCUT2D eigenvalue weighted by Gasteiger charge is -2.37. The Labute approximate surface area is 122 Å². The lowest BCUT2D eigenvalue weighted by atomic mass is 9.92. The average Bonchev–Trinajstić information content (AvgIpc) is 2.72. The van der Waals surface area contributed by atoms with Crippen LogP contribution in [0.25, 0.3) is 0 Å². The Morgan fingerprint density at radius 2 is 2.00 bits per heavy atom. The van der Waals surface area contributed by atoms with Gasteiger partial charge in [0.25, 0.3) is 0 Å². The lowest BCUT2D eigenvalue weighted by Crippen LogP contribution is -2.51. The van der Waals surface area contributed by atoms with E-state index in [0.717, 1.165) is 32.5 Å². The quantitative estimate of drug-likeness (QED) is 0.856. The minimum absolute atomic E-state index is 0.0515. The fraction of sp³-hybridized carbons (Fsp3) is 0.562. The van der Waals surface area contributed by atoms with Gasteiger partial charge in [0.15, 0.2) is 5.96 Å². The summed E-state index contributed by atoms with van der Waals surface area (Å²) in [6, 6.07) is 10.6. The second-order valence-electron chi connectivity index (χ2n) is 6.11. The molecule has 1 aromatic carbocycles. The summed E-state index contributed by atoms with van der Waals surface area (Å²) in [6.07, 6.45) is 2.15. The van der Waals surface area contributed by atoms with E-state index in [-0.39, 0.29) is 5.54 Å². The molecule has 1 aliphatic heterocycles. The van der Waals surface area contributed by atoms with E-state index in [1.54, 1.807) is 0 Å². The third-order valence-corrected chi connectivity index (χ3v) is 4.08. The van der Waals surface area contributed by atoms with E-state index in [0.29, 0.717) is 5.96 Å². The normalized spacial score (nSPS) is 22.4. The Morgan fingerprint density at radius 1 is 1.30 bits per heavy atom. The molecular weight excluding hydrogens is 248 g/mol. The van der Waals surface area contributed by atoms with E-state index < -0.39 is 0 Å². The second kappa shape index (κ2) is 6.27. The summed E-state index contributed by atoms with van der Waals surface area (Å²) >= 11 is 0. The minimum atomic E-state index is 0.0515. The van der Waals surface area contributed by atoms with Gasteiger partial charge in [0.05, 0.1) is 12.1 Å². The van der Waals surface area contributed by atoms with Gasteiger partial charge in [-0.1, -0.05) is 30.3 Å². The largest absolute Gasteiger partial charge is 0.370 e. The van der Waals surface area contributed by atoms with E-state index in [4.69, 9.17) is 5.73 Å². The number of aryl methyl sites for hydroxylation is 1. The van der Waals surface area contributed by atoms with Crippen LogP contribution in [0.1, 0.15) is 18.9 Å². The first-order valence-corrected chi connectivity index (χ1v) is 7.27. The Balaban J connectivity index is 1.97. The molecule has 1 unspecified atom stereocenters. The van der Waals surface area contributed by atoms with Crippen LogP contribution >= 0.6 is 0 Å². The van der Waals surface area contributed by atoms with Crippen LogP contribution in [-0.4, -0.2) is 55.0 Å². The molecule has 4 heteroatoms. The topological polar surface area (TPSA) is 44.9 Å². The predicted octanol–water partition coefficient (Wildman–Crippen LogP) is 1.57. The van der Waals surface area contributed by atoms with Crippen LogP contribution in [0.15, 0.2) is 35.3 Å². The van der Waals surface area contributed by atoms with E-state index in [2.05, 4.69) is 66.1 Å². The zero-order valence-corrected chi connectivity index (χ0v) is 12.8. The van der Waals surface area contributed by atoms with Crippen LogP contribution in [0.3, 0.4) is 0 Å². The number of benzene rings is 1. The summed E-state index contributed by atoms with van der Waals surface area (Å²) in [5.41, 5.74) is 7.50. The first kappa shape index (κ1) is 14.9. The van der Waals surface area contributed by atoms with Gasteiger partial charge in [0, 0.05) is 13.1 Å². The summed E-state index contributed by atoms with van der Waals surface area (Å²) in [4.78, 5) is 8.92. The Kier molecular flexibility index (Phi) is 4.65. The molecule has 1 aliphatic rings. The van der Waals surface area contributed by atoms with Gasteiger partial charge in [0.1, 0.15) is 0 Å². The summed E-state index contributed by atoms with van der Waals surface area (Å²) < 4.78 is 0. The molecule has 0 amide bonds. The van der Waals surface area contributed by atoms with Crippen molar-refractivity contribution in [1.29, 1.82) is 0 Å². The smallest absolute Gasteiger partial charge is 0.191 e. The summed E-state index contributed by atoms with van der Waals surface area (Å²) in [7, 11) is 4.18. The van der Waals surface area contributed by atoms with Gasteiger partial charge < -0.3 is 15.5 Å². The second-order valence-corrected chi connectivity index (χ2v) is 6.11. The van der Waals surface area contributed by atoms with E-state index in [1.165, 1.54) is 5.56 Å². The van der Waals surface area contributed by atoms with Crippen molar-refractivity contribution in [3.8, 4) is 0 Å². The van der Waals surface area contributed by atoms with Crippen molar-refractivity contribution in [2.75, 3.05) is 33.7 Å². The highest BCUT2D eigenvalue weighted by Crippen LogP contribution is 2.26. The lowest BCUT2D eigenvalue weighted by molar-refractivity contribution is 0.192. The highest BCUT2D eigenvalue weighted by atomic mass is 15.4. The van der Waals surface area contributed by atoms with Crippen LogP contribution in [0.4, 0.5) is 0 Å². The summed E-state index contributed by atoms with van der Waals surface area (Å²) in [6.45, 7) is 5.01. The van der Waals surface area contributed by atoms with Crippen LogP contribution < -0.4 is 5.73 Å². The monoisotopic (exact) mass is 274 g/mol. The molecule has 0 fully saturated rings. The first-order chi connectivity index (χ1) is 9.51. The molecule has 20 heavy (non-hydrogen) atoms. The van der Waals surface area contributed by atoms with Crippen LogP contribution in [-0.2, 0) is 6.42 Å². The maximum atomic E-state index is 6.07. The molecule has 1 atom stereocenters. The van der Waals surface area contributed by atoms with Gasteiger partial charge in [-0.15, -0.1) is 0 Å². The van der Waals surface area contributed by atoms with Crippen molar-refractivity contribution in [2.45, 2.75) is 25.3 Å². The maximum Gasteiger partial charge on any atom is 0.191 e. The molecule has 2 rings (SSSR count). The highest BCUT2D eigenvalue weighted by Gasteiger charge is 2.37. The predicted molar refractivity (Wildman–Crippen MR) is 84.9 cm³/mol. The van der Waals surface area contributed by atoms with Gasteiger partial charge >= 0.3 is 0 Å². The molecular formula is C16H26N4.